The van der Waals surface area contributed by atoms with Crippen molar-refractivity contribution in [2.24, 2.45) is 0 Å². The Morgan fingerprint density at radius 1 is 1.23 bits per heavy atom. The number of rotatable bonds is 4. The Labute approximate surface area is 161 Å². The van der Waals surface area contributed by atoms with Crippen molar-refractivity contribution in [1.29, 1.82) is 0 Å². The van der Waals surface area contributed by atoms with E-state index < -0.39 is 21.5 Å². The molecule has 0 fully saturated rings. The molecule has 8 heteroatoms. The van der Waals surface area contributed by atoms with Gasteiger partial charge in [-0.3, -0.25) is 4.79 Å². The lowest BCUT2D eigenvalue weighted by Crippen LogP contribution is -2.49. The van der Waals surface area contributed by atoms with E-state index >= 15 is 0 Å². The van der Waals surface area contributed by atoms with Crippen LogP contribution in [0.3, 0.4) is 0 Å². The van der Waals surface area contributed by atoms with E-state index in [4.69, 9.17) is 4.74 Å². The van der Waals surface area contributed by atoms with Crippen molar-refractivity contribution in [2.75, 3.05) is 19.0 Å². The third kappa shape index (κ3) is 3.43. The summed E-state index contributed by atoms with van der Waals surface area (Å²) >= 11 is 3.20. The predicted octanol–water partition coefficient (Wildman–Crippen LogP) is 2.71. The topological polar surface area (TPSA) is 75.7 Å². The summed E-state index contributed by atoms with van der Waals surface area (Å²) in [6.07, 6.45) is 0.299. The number of fused-ring (bicyclic) bond motifs is 1. The maximum atomic E-state index is 12.7. The molecule has 0 saturated heterocycles. The van der Waals surface area contributed by atoms with Crippen molar-refractivity contribution in [3.8, 4) is 5.75 Å². The maximum absolute atomic E-state index is 12.7. The summed E-state index contributed by atoms with van der Waals surface area (Å²) in [6.45, 7) is 1.59. The Hall–Kier alpha value is -2.06. The predicted molar refractivity (Wildman–Crippen MR) is 103 cm³/mol. The molecule has 0 radical (unpaired) electrons. The minimum atomic E-state index is -4.01. The summed E-state index contributed by atoms with van der Waals surface area (Å²) < 4.78 is 33.5. The van der Waals surface area contributed by atoms with E-state index in [1.165, 1.54) is 6.07 Å². The average molecular weight is 439 g/mol. The molecule has 0 aliphatic carbocycles. The summed E-state index contributed by atoms with van der Waals surface area (Å²) in [6, 6.07) is 12.0. The van der Waals surface area contributed by atoms with Gasteiger partial charge in [-0.1, -0.05) is 18.2 Å². The molecular weight excluding hydrogens is 420 g/mol. The van der Waals surface area contributed by atoms with Crippen molar-refractivity contribution >= 4 is 37.5 Å². The molecule has 138 valence electrons. The SMILES string of the molecule is CN(C)c1ccc2c(c1)OC(C)(C(=O)NS(=O)(=O)c1ccccc1Br)C2. The Morgan fingerprint density at radius 2 is 1.92 bits per heavy atom. The summed E-state index contributed by atoms with van der Waals surface area (Å²) in [5, 5.41) is 0. The quantitative estimate of drug-likeness (QED) is 0.793. The fourth-order valence-electron chi connectivity index (χ4n) is 2.78. The highest BCUT2D eigenvalue weighted by atomic mass is 79.9. The molecule has 1 aliphatic rings. The number of halogens is 1. The van der Waals surface area contributed by atoms with E-state index in [2.05, 4.69) is 20.7 Å². The molecule has 1 atom stereocenters. The van der Waals surface area contributed by atoms with Crippen molar-refractivity contribution < 1.29 is 17.9 Å². The standard InChI is InChI=1S/C18H19BrN2O4S/c1-18(11-12-8-9-13(21(2)3)10-15(12)25-18)17(22)20-26(23,24)16-7-5-4-6-14(16)19/h4-10H,11H2,1-3H3,(H,20,22). The van der Waals surface area contributed by atoms with E-state index in [0.717, 1.165) is 11.3 Å². The van der Waals surface area contributed by atoms with Crippen LogP contribution in [-0.2, 0) is 21.2 Å². The van der Waals surface area contributed by atoms with Crippen LogP contribution in [0.5, 0.6) is 5.75 Å². The molecule has 1 N–H and O–H groups in total. The van der Waals surface area contributed by atoms with Crippen molar-refractivity contribution in [2.45, 2.75) is 23.8 Å². The van der Waals surface area contributed by atoms with Crippen LogP contribution >= 0.6 is 15.9 Å². The molecular formula is C18H19BrN2O4S. The van der Waals surface area contributed by atoms with E-state index in [-0.39, 0.29) is 4.90 Å². The van der Waals surface area contributed by atoms with E-state index in [0.29, 0.717) is 16.6 Å². The number of carbonyl (C=O) groups is 1. The Kier molecular flexibility index (Phi) is 4.74. The molecule has 0 saturated carbocycles. The summed E-state index contributed by atoms with van der Waals surface area (Å²) in [4.78, 5) is 14.6. The molecule has 2 aromatic carbocycles. The van der Waals surface area contributed by atoms with Crippen molar-refractivity contribution in [3.05, 3.63) is 52.5 Å². The Morgan fingerprint density at radius 3 is 2.58 bits per heavy atom. The van der Waals surface area contributed by atoms with Gasteiger partial charge in [0.2, 0.25) is 0 Å². The third-order valence-electron chi connectivity index (χ3n) is 4.26. The van der Waals surface area contributed by atoms with Crippen LogP contribution in [0.1, 0.15) is 12.5 Å². The van der Waals surface area contributed by atoms with Gasteiger partial charge in [-0.25, -0.2) is 13.1 Å². The molecule has 2 aromatic rings. The number of hydrogen-bond acceptors (Lipinski definition) is 5. The van der Waals surface area contributed by atoms with Gasteiger partial charge in [-0.2, -0.15) is 0 Å². The van der Waals surface area contributed by atoms with Crippen LogP contribution in [0.25, 0.3) is 0 Å². The highest BCUT2D eigenvalue weighted by molar-refractivity contribution is 9.10. The molecule has 1 heterocycles. The number of hydrogen-bond donors (Lipinski definition) is 1. The molecule has 1 unspecified atom stereocenters. The van der Waals surface area contributed by atoms with Gasteiger partial charge in [0, 0.05) is 36.7 Å². The second-order valence-electron chi connectivity index (χ2n) is 6.56. The van der Waals surface area contributed by atoms with Gasteiger partial charge in [0.15, 0.2) is 5.60 Å². The Balaban J connectivity index is 1.83. The van der Waals surface area contributed by atoms with E-state index in [1.54, 1.807) is 25.1 Å². The fourth-order valence-corrected chi connectivity index (χ4v) is 4.86. The summed E-state index contributed by atoms with van der Waals surface area (Å²) in [5.74, 6) is -0.108. The number of nitrogens with zero attached hydrogens (tertiary/aromatic N) is 1. The Bertz CT molecular complexity index is 975. The van der Waals surface area contributed by atoms with Crippen molar-refractivity contribution in [1.82, 2.24) is 4.72 Å². The molecule has 1 aliphatic heterocycles. The second-order valence-corrected chi connectivity index (χ2v) is 9.07. The molecule has 0 aromatic heterocycles. The smallest absolute Gasteiger partial charge is 0.277 e. The number of sulfonamides is 1. The van der Waals surface area contributed by atoms with Gasteiger partial charge < -0.3 is 9.64 Å². The zero-order valence-electron chi connectivity index (χ0n) is 14.6. The first kappa shape index (κ1) is 18.7. The van der Waals surface area contributed by atoms with Crippen LogP contribution in [0.15, 0.2) is 51.8 Å². The number of nitrogens with one attached hydrogen (secondary N) is 1. The number of carbonyl (C=O) groups excluding carboxylic acids is 1. The molecule has 0 bridgehead atoms. The lowest BCUT2D eigenvalue weighted by molar-refractivity contribution is -0.132. The first-order valence-corrected chi connectivity index (χ1v) is 10.2. The lowest BCUT2D eigenvalue weighted by atomic mass is 9.99. The number of amides is 1. The largest absolute Gasteiger partial charge is 0.477 e. The summed E-state index contributed by atoms with van der Waals surface area (Å²) in [5.41, 5.74) is 0.516. The van der Waals surface area contributed by atoms with E-state index in [9.17, 15) is 13.2 Å². The number of anilines is 1. The molecule has 26 heavy (non-hydrogen) atoms. The zero-order valence-corrected chi connectivity index (χ0v) is 17.0. The molecule has 0 spiro atoms. The highest BCUT2D eigenvalue weighted by Gasteiger charge is 2.43. The monoisotopic (exact) mass is 438 g/mol. The normalized spacial score (nSPS) is 18.8. The minimum absolute atomic E-state index is 0.00218. The first-order valence-electron chi connectivity index (χ1n) is 7.93. The lowest BCUT2D eigenvalue weighted by Gasteiger charge is -2.23. The van der Waals surface area contributed by atoms with E-state index in [1.807, 2.05) is 37.2 Å². The summed E-state index contributed by atoms with van der Waals surface area (Å²) in [7, 11) is -0.190. The van der Waals surface area contributed by atoms with Gasteiger partial charge in [-0.15, -0.1) is 0 Å². The highest BCUT2D eigenvalue weighted by Crippen LogP contribution is 2.37. The molecule has 6 nitrogen and oxygen atoms in total. The first-order chi connectivity index (χ1) is 12.1. The molecule has 1 amide bonds. The van der Waals surface area contributed by atoms with Gasteiger partial charge >= 0.3 is 0 Å². The molecule has 3 rings (SSSR count). The zero-order chi connectivity index (χ0) is 19.1. The van der Waals surface area contributed by atoms with Gasteiger partial charge in [-0.05, 0) is 46.6 Å². The van der Waals surface area contributed by atoms with Crippen LogP contribution in [0.4, 0.5) is 5.69 Å². The van der Waals surface area contributed by atoms with Crippen molar-refractivity contribution in [3.63, 3.8) is 0 Å². The fraction of sp³-hybridized carbons (Fsp3) is 0.278. The number of ether oxygens (including phenoxy) is 1. The second kappa shape index (κ2) is 6.59. The average Bonchev–Trinajstić information content (AvgIpc) is 2.91. The third-order valence-corrected chi connectivity index (χ3v) is 6.61. The van der Waals surface area contributed by atoms with Crippen LogP contribution < -0.4 is 14.4 Å². The van der Waals surface area contributed by atoms with Gasteiger partial charge in [0.05, 0.1) is 0 Å². The van der Waals surface area contributed by atoms with Crippen LogP contribution in [-0.4, -0.2) is 34.0 Å². The van der Waals surface area contributed by atoms with Gasteiger partial charge in [0.1, 0.15) is 10.6 Å². The van der Waals surface area contributed by atoms with Gasteiger partial charge in [0.25, 0.3) is 15.9 Å². The van der Waals surface area contributed by atoms with Crippen LogP contribution in [0, 0.1) is 0 Å². The van der Waals surface area contributed by atoms with Crippen LogP contribution in [0.2, 0.25) is 0 Å². The number of benzene rings is 2. The minimum Gasteiger partial charge on any atom is -0.477 e. The maximum Gasteiger partial charge on any atom is 0.277 e.